The van der Waals surface area contributed by atoms with Crippen LogP contribution in [0.15, 0.2) is 59.1 Å². The Balaban J connectivity index is 2.28. The van der Waals surface area contributed by atoms with E-state index < -0.39 is 23.3 Å². The monoisotopic (exact) mass is 453 g/mol. The maximum Gasteiger partial charge on any atom is 0.432 e. The molecule has 0 saturated carbocycles. The minimum absolute atomic E-state index is 0.0261. The number of benzene rings is 2. The fourth-order valence-corrected chi connectivity index (χ4v) is 3.23. The van der Waals surface area contributed by atoms with Crippen LogP contribution in [0.25, 0.3) is 22.2 Å². The molecule has 28 heavy (non-hydrogen) atoms. The summed E-state index contributed by atoms with van der Waals surface area (Å²) in [5.74, 6) is -1.79. The minimum atomic E-state index is -5.30. The summed E-state index contributed by atoms with van der Waals surface area (Å²) in [6.07, 6.45) is -5.30. The van der Waals surface area contributed by atoms with Gasteiger partial charge in [-0.15, -0.1) is 0 Å². The van der Waals surface area contributed by atoms with Gasteiger partial charge < -0.3 is 9.84 Å². The van der Waals surface area contributed by atoms with Gasteiger partial charge in [0.05, 0.1) is 17.8 Å². The molecule has 0 fully saturated rings. The first-order valence-corrected chi connectivity index (χ1v) is 9.10. The number of esters is 1. The van der Waals surface area contributed by atoms with Crippen molar-refractivity contribution in [3.8, 4) is 11.3 Å². The lowest BCUT2D eigenvalue weighted by Gasteiger charge is -2.30. The van der Waals surface area contributed by atoms with Crippen LogP contribution >= 0.6 is 15.9 Å². The van der Waals surface area contributed by atoms with Gasteiger partial charge in [0.2, 0.25) is 0 Å². The van der Waals surface area contributed by atoms with E-state index in [1.807, 2.05) is 12.1 Å². The number of carbonyl (C=O) groups excluding carboxylic acids is 1. The van der Waals surface area contributed by atoms with Gasteiger partial charge in [0.15, 0.2) is 0 Å². The van der Waals surface area contributed by atoms with Crippen molar-refractivity contribution in [3.63, 3.8) is 0 Å². The van der Waals surface area contributed by atoms with E-state index in [9.17, 15) is 23.1 Å². The molecule has 0 spiro atoms. The van der Waals surface area contributed by atoms with Gasteiger partial charge in [0.25, 0.3) is 5.60 Å². The standard InChI is InChI=1S/C20H15BrF3NO3/c1-2-28-18(26)19(27,20(22,23)24)15-11-13(21)8-9-14(15)17-10-7-12-5-3-4-6-16(12)25-17/h3-11,27H,2H2,1H3. The van der Waals surface area contributed by atoms with Crippen LogP contribution in [0.4, 0.5) is 13.2 Å². The van der Waals surface area contributed by atoms with Crippen molar-refractivity contribution in [1.29, 1.82) is 0 Å². The molecule has 0 amide bonds. The van der Waals surface area contributed by atoms with Gasteiger partial charge >= 0.3 is 12.1 Å². The SMILES string of the molecule is CCOC(=O)C(O)(c1cc(Br)ccc1-c1ccc2ccccc2n1)C(F)(F)F. The zero-order valence-electron chi connectivity index (χ0n) is 14.6. The van der Waals surface area contributed by atoms with Crippen molar-refractivity contribution in [2.75, 3.05) is 6.61 Å². The summed E-state index contributed by atoms with van der Waals surface area (Å²) in [5.41, 5.74) is -3.76. The summed E-state index contributed by atoms with van der Waals surface area (Å²) in [4.78, 5) is 16.6. The predicted molar refractivity (Wildman–Crippen MR) is 101 cm³/mol. The maximum absolute atomic E-state index is 13.9. The number of pyridine rings is 1. The summed E-state index contributed by atoms with van der Waals surface area (Å²) in [6.45, 7) is 1.05. The molecule has 0 saturated heterocycles. The molecule has 8 heteroatoms. The Labute approximate surface area is 167 Å². The molecule has 1 heterocycles. The molecule has 1 N–H and O–H groups in total. The second-order valence-electron chi connectivity index (χ2n) is 6.01. The Bertz CT molecular complexity index is 1040. The molecule has 3 rings (SSSR count). The maximum atomic E-state index is 13.9. The Morgan fingerprint density at radius 1 is 1.14 bits per heavy atom. The molecule has 3 aromatic rings. The number of alkyl halides is 3. The van der Waals surface area contributed by atoms with Crippen LogP contribution in [0, 0.1) is 0 Å². The normalized spacial score (nSPS) is 13.9. The summed E-state index contributed by atoms with van der Waals surface area (Å²) in [6, 6.07) is 14.3. The van der Waals surface area contributed by atoms with Gasteiger partial charge in [-0.1, -0.05) is 46.3 Å². The van der Waals surface area contributed by atoms with Crippen molar-refractivity contribution < 1.29 is 27.8 Å². The highest BCUT2D eigenvalue weighted by Crippen LogP contribution is 2.44. The van der Waals surface area contributed by atoms with Crippen molar-refractivity contribution >= 4 is 32.8 Å². The summed E-state index contributed by atoms with van der Waals surface area (Å²) >= 11 is 3.10. The number of hydrogen-bond donors (Lipinski definition) is 1. The van der Waals surface area contributed by atoms with E-state index in [1.165, 1.54) is 25.1 Å². The van der Waals surface area contributed by atoms with Crippen LogP contribution < -0.4 is 0 Å². The van der Waals surface area contributed by atoms with E-state index in [0.29, 0.717) is 5.52 Å². The highest BCUT2D eigenvalue weighted by Gasteiger charge is 2.63. The lowest BCUT2D eigenvalue weighted by Crippen LogP contribution is -2.50. The molecule has 1 atom stereocenters. The molecule has 4 nitrogen and oxygen atoms in total. The van der Waals surface area contributed by atoms with Crippen LogP contribution in [0.5, 0.6) is 0 Å². The largest absolute Gasteiger partial charge is 0.463 e. The van der Waals surface area contributed by atoms with Gasteiger partial charge in [0, 0.05) is 21.0 Å². The van der Waals surface area contributed by atoms with Crippen molar-refractivity contribution in [2.24, 2.45) is 0 Å². The van der Waals surface area contributed by atoms with Crippen molar-refractivity contribution in [2.45, 2.75) is 18.7 Å². The number of nitrogens with zero attached hydrogens (tertiary/aromatic N) is 1. The lowest BCUT2D eigenvalue weighted by molar-refractivity contribution is -0.267. The summed E-state index contributed by atoms with van der Waals surface area (Å²) in [7, 11) is 0. The van der Waals surface area contributed by atoms with Crippen LogP contribution in [0.2, 0.25) is 0 Å². The molecule has 1 unspecified atom stereocenters. The van der Waals surface area contributed by atoms with Gasteiger partial charge in [-0.2, -0.15) is 13.2 Å². The molecular weight excluding hydrogens is 439 g/mol. The Morgan fingerprint density at radius 2 is 1.86 bits per heavy atom. The average Bonchev–Trinajstić information content (AvgIpc) is 2.66. The molecular formula is C20H15BrF3NO3. The third kappa shape index (κ3) is 3.49. The average molecular weight is 454 g/mol. The highest BCUT2D eigenvalue weighted by atomic mass is 79.9. The second-order valence-corrected chi connectivity index (χ2v) is 6.92. The number of para-hydroxylation sites is 1. The number of ether oxygens (including phenoxy) is 1. The molecule has 0 bridgehead atoms. The first-order chi connectivity index (χ1) is 13.2. The van der Waals surface area contributed by atoms with Gasteiger partial charge in [0.1, 0.15) is 0 Å². The van der Waals surface area contributed by atoms with Crippen LogP contribution in [-0.4, -0.2) is 28.8 Å². The molecule has 146 valence electrons. The van der Waals surface area contributed by atoms with E-state index >= 15 is 0 Å². The molecule has 1 aromatic heterocycles. The third-order valence-electron chi connectivity index (χ3n) is 4.23. The molecule has 2 aromatic carbocycles. The number of aromatic nitrogens is 1. The number of fused-ring (bicyclic) bond motifs is 1. The Morgan fingerprint density at radius 3 is 2.54 bits per heavy atom. The van der Waals surface area contributed by atoms with E-state index in [1.54, 1.807) is 18.2 Å². The van der Waals surface area contributed by atoms with Crippen LogP contribution in [0.3, 0.4) is 0 Å². The van der Waals surface area contributed by atoms with Crippen LogP contribution in [-0.2, 0) is 15.1 Å². The topological polar surface area (TPSA) is 59.4 Å². The summed E-state index contributed by atoms with van der Waals surface area (Å²) in [5, 5.41) is 11.4. The van der Waals surface area contributed by atoms with E-state index in [0.717, 1.165) is 11.5 Å². The first-order valence-electron chi connectivity index (χ1n) is 8.31. The second kappa shape index (κ2) is 7.52. The number of hydrogen-bond acceptors (Lipinski definition) is 4. The quantitative estimate of drug-likeness (QED) is 0.566. The fourth-order valence-electron chi connectivity index (χ4n) is 2.87. The first kappa shape index (κ1) is 20.3. The number of aliphatic hydroxyl groups is 1. The zero-order chi connectivity index (χ0) is 20.5. The number of rotatable bonds is 4. The minimum Gasteiger partial charge on any atom is -0.463 e. The van der Waals surface area contributed by atoms with Gasteiger partial charge in [-0.05, 0) is 31.2 Å². The third-order valence-corrected chi connectivity index (χ3v) is 4.72. The van der Waals surface area contributed by atoms with E-state index in [2.05, 4.69) is 25.7 Å². The number of halogens is 4. The number of carbonyl (C=O) groups is 1. The van der Waals surface area contributed by atoms with Gasteiger partial charge in [-0.25, -0.2) is 9.78 Å². The smallest absolute Gasteiger partial charge is 0.432 e. The van der Waals surface area contributed by atoms with E-state index in [-0.39, 0.29) is 22.3 Å². The summed E-state index contributed by atoms with van der Waals surface area (Å²) < 4.78 is 46.4. The predicted octanol–water partition coefficient (Wildman–Crippen LogP) is 4.98. The molecule has 0 aliphatic heterocycles. The zero-order valence-corrected chi connectivity index (χ0v) is 16.2. The molecule has 0 radical (unpaired) electrons. The van der Waals surface area contributed by atoms with Crippen LogP contribution in [0.1, 0.15) is 12.5 Å². The van der Waals surface area contributed by atoms with Crippen molar-refractivity contribution in [1.82, 2.24) is 4.98 Å². The molecule has 0 aliphatic rings. The van der Waals surface area contributed by atoms with Gasteiger partial charge in [-0.3, -0.25) is 0 Å². The fraction of sp³-hybridized carbons (Fsp3) is 0.200. The Kier molecular flexibility index (Phi) is 5.45. The highest BCUT2D eigenvalue weighted by molar-refractivity contribution is 9.10. The van der Waals surface area contributed by atoms with Crippen molar-refractivity contribution in [3.05, 3.63) is 64.6 Å². The lowest BCUT2D eigenvalue weighted by atomic mass is 9.87. The molecule has 0 aliphatic carbocycles. The Hall–Kier alpha value is -2.45. The van der Waals surface area contributed by atoms with E-state index in [4.69, 9.17) is 0 Å².